The number of anilines is 1. The first-order chi connectivity index (χ1) is 16.5. The fraction of sp³-hybridized carbons (Fsp3) is 0.154. The van der Waals surface area contributed by atoms with E-state index in [4.69, 9.17) is 14.8 Å². The fourth-order valence-electron chi connectivity index (χ4n) is 3.78. The molecule has 0 fully saturated rings. The van der Waals surface area contributed by atoms with Crippen molar-refractivity contribution in [3.05, 3.63) is 87.8 Å². The van der Waals surface area contributed by atoms with Gasteiger partial charge in [0.25, 0.3) is 5.91 Å². The number of hydrogen-bond acceptors (Lipinski definition) is 6. The molecular formula is C26H23N5O2S. The largest absolute Gasteiger partial charge is 0.482 e. The van der Waals surface area contributed by atoms with Crippen molar-refractivity contribution in [1.82, 2.24) is 9.66 Å². The molecule has 4 aromatic rings. The lowest BCUT2D eigenvalue weighted by Gasteiger charge is -2.18. The maximum Gasteiger partial charge on any atom is 0.262 e. The zero-order valence-corrected chi connectivity index (χ0v) is 19.9. The Balaban J connectivity index is 1.70. The van der Waals surface area contributed by atoms with Crippen LogP contribution in [-0.2, 0) is 4.79 Å². The maximum absolute atomic E-state index is 11.8. The van der Waals surface area contributed by atoms with Crippen LogP contribution in [0.5, 0.6) is 5.75 Å². The monoisotopic (exact) mass is 469 g/mol. The van der Waals surface area contributed by atoms with E-state index in [9.17, 15) is 4.79 Å². The molecule has 0 bridgehead atoms. The molecule has 1 aliphatic heterocycles. The van der Waals surface area contributed by atoms with Gasteiger partial charge in [0.1, 0.15) is 5.75 Å². The van der Waals surface area contributed by atoms with E-state index in [-0.39, 0.29) is 12.5 Å². The molecule has 1 aliphatic rings. The van der Waals surface area contributed by atoms with Crippen molar-refractivity contribution in [2.75, 3.05) is 11.9 Å². The van der Waals surface area contributed by atoms with Gasteiger partial charge < -0.3 is 10.1 Å². The van der Waals surface area contributed by atoms with Crippen molar-refractivity contribution >= 4 is 34.3 Å². The van der Waals surface area contributed by atoms with Gasteiger partial charge in [0.15, 0.2) is 6.61 Å². The second-order valence-corrected chi connectivity index (χ2v) is 8.88. The zero-order valence-electron chi connectivity index (χ0n) is 19.1. The second kappa shape index (κ2) is 9.07. The molecule has 0 radical (unpaired) electrons. The Morgan fingerprint density at radius 2 is 1.97 bits per heavy atom. The van der Waals surface area contributed by atoms with Crippen LogP contribution in [0.15, 0.2) is 76.4 Å². The highest BCUT2D eigenvalue weighted by Gasteiger charge is 2.18. The highest BCUT2D eigenvalue weighted by Crippen LogP contribution is 2.33. The molecule has 0 atom stereocenters. The third kappa shape index (κ3) is 4.27. The highest BCUT2D eigenvalue weighted by atomic mass is 32.1. The number of nitrogens with zero attached hydrogens (tertiary/aromatic N) is 4. The summed E-state index contributed by atoms with van der Waals surface area (Å²) in [6, 6.07) is 15.8. The van der Waals surface area contributed by atoms with Gasteiger partial charge >= 0.3 is 0 Å². The number of aryl methyl sites for hydroxylation is 2. The quantitative estimate of drug-likeness (QED) is 0.424. The van der Waals surface area contributed by atoms with Crippen LogP contribution in [0, 0.1) is 13.8 Å². The molecule has 3 heterocycles. The topological polar surface area (TPSA) is 80.9 Å². The molecule has 170 valence electrons. The van der Waals surface area contributed by atoms with E-state index in [0.29, 0.717) is 11.4 Å². The first-order valence-corrected chi connectivity index (χ1v) is 11.7. The van der Waals surface area contributed by atoms with Crippen LogP contribution in [0.2, 0.25) is 0 Å². The summed E-state index contributed by atoms with van der Waals surface area (Å²) in [7, 11) is 0. The standard InChI is InChI=1S/C26H23N5O2S/c1-16-6-4-7-17(2)25(16)29-26-31(30-18(3)20-8-5-11-27-13-20)22(15-34-26)19-9-10-23-21(12-19)28-24(32)14-33-23/h4-13,15H,14H2,1-3H3,(H,28,32). The third-order valence-electron chi connectivity index (χ3n) is 5.57. The molecular weight excluding hydrogens is 446 g/mol. The molecule has 5 rings (SSSR count). The van der Waals surface area contributed by atoms with Crippen molar-refractivity contribution in [3.63, 3.8) is 0 Å². The Labute approximate surface area is 201 Å². The van der Waals surface area contributed by atoms with Gasteiger partial charge in [-0.05, 0) is 56.2 Å². The van der Waals surface area contributed by atoms with E-state index < -0.39 is 0 Å². The Kier molecular flexibility index (Phi) is 5.81. The molecule has 0 saturated heterocycles. The number of hydrogen-bond donors (Lipinski definition) is 1. The zero-order chi connectivity index (χ0) is 23.7. The Bertz CT molecular complexity index is 1460. The van der Waals surface area contributed by atoms with Crippen molar-refractivity contribution in [1.29, 1.82) is 0 Å². The van der Waals surface area contributed by atoms with E-state index in [1.807, 2.05) is 53.4 Å². The Morgan fingerprint density at radius 1 is 1.15 bits per heavy atom. The number of pyridine rings is 1. The smallest absolute Gasteiger partial charge is 0.262 e. The lowest BCUT2D eigenvalue weighted by molar-refractivity contribution is -0.118. The van der Waals surface area contributed by atoms with Crippen LogP contribution < -0.4 is 14.9 Å². The summed E-state index contributed by atoms with van der Waals surface area (Å²) in [5.41, 5.74) is 7.28. The molecule has 8 heteroatoms. The normalized spacial score (nSPS) is 13.9. The number of benzene rings is 2. The molecule has 0 aliphatic carbocycles. The molecule has 2 aromatic heterocycles. The van der Waals surface area contributed by atoms with Crippen molar-refractivity contribution < 1.29 is 9.53 Å². The van der Waals surface area contributed by atoms with Crippen molar-refractivity contribution in [3.8, 4) is 17.0 Å². The van der Waals surface area contributed by atoms with Crippen LogP contribution >= 0.6 is 11.3 Å². The molecule has 1 amide bonds. The van der Waals surface area contributed by atoms with Gasteiger partial charge in [-0.2, -0.15) is 5.10 Å². The van der Waals surface area contributed by atoms with Gasteiger partial charge in [-0.3, -0.25) is 9.78 Å². The summed E-state index contributed by atoms with van der Waals surface area (Å²) in [6.07, 6.45) is 3.53. The van der Waals surface area contributed by atoms with Crippen molar-refractivity contribution in [2.24, 2.45) is 10.1 Å². The molecule has 1 N–H and O–H groups in total. The van der Waals surface area contributed by atoms with E-state index in [2.05, 4.69) is 36.3 Å². The van der Waals surface area contributed by atoms with Crippen LogP contribution in [0.1, 0.15) is 23.6 Å². The molecule has 0 saturated carbocycles. The lowest BCUT2D eigenvalue weighted by Crippen LogP contribution is -2.25. The predicted octanol–water partition coefficient (Wildman–Crippen LogP) is 5.06. The van der Waals surface area contributed by atoms with E-state index in [1.54, 1.807) is 12.4 Å². The molecule has 2 aromatic carbocycles. The van der Waals surface area contributed by atoms with Gasteiger partial charge in [0.2, 0.25) is 4.80 Å². The minimum atomic E-state index is -0.168. The maximum atomic E-state index is 11.8. The number of fused-ring (bicyclic) bond motifs is 1. The summed E-state index contributed by atoms with van der Waals surface area (Å²) in [5.74, 6) is 0.486. The van der Waals surface area contributed by atoms with Crippen molar-refractivity contribution in [2.45, 2.75) is 20.8 Å². The molecule has 0 spiro atoms. The summed E-state index contributed by atoms with van der Waals surface area (Å²) < 4.78 is 7.37. The SMILES string of the molecule is CC(=Nn1c(-c2ccc3c(c2)NC(=O)CO3)csc1=Nc1c(C)cccc1C)c1cccnc1. The van der Waals surface area contributed by atoms with Crippen LogP contribution in [0.3, 0.4) is 0 Å². The fourth-order valence-corrected chi connectivity index (χ4v) is 4.61. The minimum absolute atomic E-state index is 0.0260. The number of rotatable bonds is 4. The van der Waals surface area contributed by atoms with Crippen LogP contribution in [0.4, 0.5) is 11.4 Å². The third-order valence-corrected chi connectivity index (χ3v) is 6.39. The lowest BCUT2D eigenvalue weighted by atomic mass is 10.1. The number of aromatic nitrogens is 2. The summed E-state index contributed by atoms with van der Waals surface area (Å²) >= 11 is 1.51. The summed E-state index contributed by atoms with van der Waals surface area (Å²) in [4.78, 5) is 21.8. The number of para-hydroxylation sites is 1. The molecule has 7 nitrogen and oxygen atoms in total. The molecule has 34 heavy (non-hydrogen) atoms. The van der Waals surface area contributed by atoms with Gasteiger partial charge in [0, 0.05) is 28.9 Å². The minimum Gasteiger partial charge on any atom is -0.482 e. The first-order valence-electron chi connectivity index (χ1n) is 10.8. The number of carbonyl (C=O) groups excluding carboxylic acids is 1. The average molecular weight is 470 g/mol. The Hall–Kier alpha value is -4.04. The van der Waals surface area contributed by atoms with Crippen LogP contribution in [0.25, 0.3) is 11.3 Å². The number of ether oxygens (including phenoxy) is 1. The predicted molar refractivity (Wildman–Crippen MR) is 135 cm³/mol. The summed E-state index contributed by atoms with van der Waals surface area (Å²) in [5, 5.41) is 9.85. The van der Waals surface area contributed by atoms with Gasteiger partial charge in [-0.15, -0.1) is 11.3 Å². The average Bonchev–Trinajstić information content (AvgIpc) is 3.23. The van der Waals surface area contributed by atoms with Gasteiger partial charge in [-0.1, -0.05) is 24.3 Å². The second-order valence-electron chi connectivity index (χ2n) is 8.04. The first kappa shape index (κ1) is 21.8. The summed E-state index contributed by atoms with van der Waals surface area (Å²) in [6.45, 7) is 6.09. The van der Waals surface area contributed by atoms with E-state index >= 15 is 0 Å². The van der Waals surface area contributed by atoms with Gasteiger partial charge in [-0.25, -0.2) is 9.67 Å². The van der Waals surface area contributed by atoms with E-state index in [1.165, 1.54) is 11.3 Å². The number of amides is 1. The number of nitrogens with one attached hydrogen (secondary N) is 1. The number of thiazole rings is 1. The highest BCUT2D eigenvalue weighted by molar-refractivity contribution is 7.07. The Morgan fingerprint density at radius 3 is 2.74 bits per heavy atom. The van der Waals surface area contributed by atoms with E-state index in [0.717, 1.165) is 44.1 Å². The van der Waals surface area contributed by atoms with Gasteiger partial charge in [0.05, 0.1) is 22.8 Å². The van der Waals surface area contributed by atoms with Crippen LogP contribution in [-0.4, -0.2) is 27.9 Å². The number of carbonyl (C=O) groups is 1. The molecule has 0 unspecified atom stereocenters.